The molecule has 6 nitrogen and oxygen atoms in total. The number of hydrogen-bond donors (Lipinski definition) is 2. The average Bonchev–Trinajstić information content (AvgIpc) is 3.07. The van der Waals surface area contributed by atoms with Gasteiger partial charge in [0.25, 0.3) is 0 Å². The highest BCUT2D eigenvalue weighted by Crippen LogP contribution is 2.36. The third kappa shape index (κ3) is 2.19. The lowest BCUT2D eigenvalue weighted by Crippen LogP contribution is -2.36. The maximum absolute atomic E-state index is 12.5. The number of carbonyl (C=O) groups is 2. The zero-order valence-electron chi connectivity index (χ0n) is 13.5. The number of hydrazine groups is 1. The summed E-state index contributed by atoms with van der Waals surface area (Å²) in [4.78, 5) is 25.0. The zero-order chi connectivity index (χ0) is 16.8. The number of fused-ring (bicyclic) bond motifs is 1. The molecule has 24 heavy (non-hydrogen) atoms. The van der Waals surface area contributed by atoms with Crippen molar-refractivity contribution in [1.82, 2.24) is 20.7 Å². The van der Waals surface area contributed by atoms with E-state index in [0.29, 0.717) is 0 Å². The van der Waals surface area contributed by atoms with Gasteiger partial charge in [-0.2, -0.15) is 0 Å². The second kappa shape index (κ2) is 5.26. The maximum atomic E-state index is 12.5. The van der Waals surface area contributed by atoms with Crippen molar-refractivity contribution in [1.29, 1.82) is 0 Å². The number of rotatable bonds is 2. The first kappa shape index (κ1) is 14.6. The van der Waals surface area contributed by atoms with Gasteiger partial charge in [-0.15, -0.1) is 0 Å². The Balaban J connectivity index is 1.72. The Kier molecular flexibility index (Phi) is 3.19. The second-order valence-electron chi connectivity index (χ2n) is 6.22. The minimum atomic E-state index is -0.493. The van der Waals surface area contributed by atoms with Crippen molar-refractivity contribution < 1.29 is 9.59 Å². The molecule has 4 amide bonds. The lowest BCUT2D eigenvalue weighted by molar-refractivity contribution is 0.0671. The van der Waals surface area contributed by atoms with Crippen molar-refractivity contribution in [2.45, 2.75) is 26.2 Å². The molecule has 0 bridgehead atoms. The smallest absolute Gasteiger partial charge is 0.310 e. The molecule has 2 aliphatic heterocycles. The normalized spacial score (nSPS) is 22.4. The van der Waals surface area contributed by atoms with Crippen molar-refractivity contribution in [3.05, 3.63) is 70.8 Å². The van der Waals surface area contributed by atoms with Crippen LogP contribution in [0.15, 0.2) is 48.5 Å². The van der Waals surface area contributed by atoms with E-state index in [0.717, 1.165) is 22.3 Å². The van der Waals surface area contributed by atoms with E-state index in [9.17, 15) is 9.59 Å². The topological polar surface area (TPSA) is 64.7 Å². The van der Waals surface area contributed by atoms with Gasteiger partial charge in [0.2, 0.25) is 0 Å². The summed E-state index contributed by atoms with van der Waals surface area (Å²) in [7, 11) is 0. The molecule has 0 radical (unpaired) electrons. The molecule has 2 heterocycles. The Bertz CT molecular complexity index is 766. The first-order chi connectivity index (χ1) is 11.5. The van der Waals surface area contributed by atoms with Crippen LogP contribution in [-0.4, -0.2) is 22.1 Å². The van der Waals surface area contributed by atoms with Gasteiger partial charge in [0.05, 0.1) is 0 Å². The summed E-state index contributed by atoms with van der Waals surface area (Å²) >= 11 is 0. The molecule has 122 valence electrons. The van der Waals surface area contributed by atoms with Crippen LogP contribution in [0, 0.1) is 13.8 Å². The van der Waals surface area contributed by atoms with Crippen LogP contribution in [0.5, 0.6) is 0 Å². The van der Waals surface area contributed by atoms with Gasteiger partial charge in [-0.05, 0) is 25.0 Å². The van der Waals surface area contributed by atoms with Crippen LogP contribution in [0.1, 0.15) is 34.6 Å². The van der Waals surface area contributed by atoms with E-state index in [2.05, 4.69) is 10.6 Å². The Morgan fingerprint density at radius 2 is 1.17 bits per heavy atom. The Labute approximate surface area is 140 Å². The quantitative estimate of drug-likeness (QED) is 0.893. The van der Waals surface area contributed by atoms with E-state index >= 15 is 0 Å². The molecule has 2 atom stereocenters. The summed E-state index contributed by atoms with van der Waals surface area (Å²) < 4.78 is 0. The minimum Gasteiger partial charge on any atom is -0.310 e. The Morgan fingerprint density at radius 3 is 1.54 bits per heavy atom. The van der Waals surface area contributed by atoms with E-state index in [-0.39, 0.29) is 12.1 Å². The van der Waals surface area contributed by atoms with Crippen LogP contribution in [-0.2, 0) is 0 Å². The predicted molar refractivity (Wildman–Crippen MR) is 88.6 cm³/mol. The molecule has 0 aromatic heterocycles. The molecule has 2 aromatic rings. The van der Waals surface area contributed by atoms with E-state index < -0.39 is 12.3 Å². The maximum Gasteiger partial charge on any atom is 0.340 e. The van der Waals surface area contributed by atoms with Gasteiger partial charge in [0, 0.05) is 0 Å². The van der Waals surface area contributed by atoms with Crippen molar-refractivity contribution >= 4 is 12.1 Å². The summed E-state index contributed by atoms with van der Waals surface area (Å²) in [5, 5.41) is 8.72. The molecule has 6 heteroatoms. The fourth-order valence-corrected chi connectivity index (χ4v) is 3.30. The average molecular weight is 322 g/mol. The molecule has 4 rings (SSSR count). The molecule has 2 saturated heterocycles. The lowest BCUT2D eigenvalue weighted by Gasteiger charge is -2.24. The minimum absolute atomic E-state index is 0.286. The summed E-state index contributed by atoms with van der Waals surface area (Å²) in [5.74, 6) is 0. The fraction of sp³-hybridized carbons (Fsp3) is 0.222. The van der Waals surface area contributed by atoms with Crippen LogP contribution < -0.4 is 10.6 Å². The van der Waals surface area contributed by atoms with E-state index in [1.807, 2.05) is 62.4 Å². The van der Waals surface area contributed by atoms with Gasteiger partial charge in [0.1, 0.15) is 0 Å². The largest absolute Gasteiger partial charge is 0.340 e. The number of nitrogens with zero attached hydrogens (tertiary/aromatic N) is 2. The Morgan fingerprint density at radius 1 is 0.750 bits per heavy atom. The van der Waals surface area contributed by atoms with Gasteiger partial charge in [-0.25, -0.2) is 19.6 Å². The van der Waals surface area contributed by atoms with Gasteiger partial charge in [-0.3, -0.25) is 0 Å². The van der Waals surface area contributed by atoms with Crippen LogP contribution in [0.25, 0.3) is 0 Å². The summed E-state index contributed by atoms with van der Waals surface area (Å²) in [6.07, 6.45) is -0.987. The van der Waals surface area contributed by atoms with Gasteiger partial charge in [-0.1, -0.05) is 59.7 Å². The molecular formula is C18H18N4O2. The number of aryl methyl sites for hydroxylation is 2. The SMILES string of the molecule is Cc1cccc(C2NC(=O)N3C(c4cccc(C)c4)NC(=O)N23)c1. The van der Waals surface area contributed by atoms with E-state index in [1.54, 1.807) is 0 Å². The summed E-state index contributed by atoms with van der Waals surface area (Å²) in [6, 6.07) is 15.0. The second-order valence-corrected chi connectivity index (χ2v) is 6.22. The molecule has 2 aliphatic rings. The van der Waals surface area contributed by atoms with Gasteiger partial charge in [0.15, 0.2) is 12.3 Å². The monoisotopic (exact) mass is 322 g/mol. The predicted octanol–water partition coefficient (Wildman–Crippen LogP) is 2.97. The summed E-state index contributed by atoms with van der Waals surface area (Å²) in [5.41, 5.74) is 3.92. The van der Waals surface area contributed by atoms with Crippen molar-refractivity contribution in [3.8, 4) is 0 Å². The van der Waals surface area contributed by atoms with Crippen LogP contribution in [0.4, 0.5) is 9.59 Å². The highest BCUT2D eigenvalue weighted by Gasteiger charge is 2.51. The highest BCUT2D eigenvalue weighted by atomic mass is 16.2. The molecule has 2 unspecified atom stereocenters. The van der Waals surface area contributed by atoms with Gasteiger partial charge >= 0.3 is 12.1 Å². The standard InChI is InChI=1S/C18H18N4O2/c1-11-5-3-7-13(9-11)15-19-17(23)22-16(20-18(24)21(15)22)14-8-4-6-12(2)10-14/h3-10,15-16H,1-2H3,(H,19,23)(H,20,24). The van der Waals surface area contributed by atoms with E-state index in [1.165, 1.54) is 10.0 Å². The van der Waals surface area contributed by atoms with Crippen molar-refractivity contribution in [3.63, 3.8) is 0 Å². The van der Waals surface area contributed by atoms with Crippen molar-refractivity contribution in [2.75, 3.05) is 0 Å². The number of benzene rings is 2. The lowest BCUT2D eigenvalue weighted by atomic mass is 10.1. The molecule has 2 aromatic carbocycles. The fourth-order valence-electron chi connectivity index (χ4n) is 3.30. The highest BCUT2D eigenvalue weighted by molar-refractivity contribution is 5.88. The number of amides is 4. The van der Waals surface area contributed by atoms with Crippen LogP contribution in [0.3, 0.4) is 0 Å². The third-order valence-corrected chi connectivity index (χ3v) is 4.37. The van der Waals surface area contributed by atoms with E-state index in [4.69, 9.17) is 0 Å². The molecule has 0 saturated carbocycles. The van der Waals surface area contributed by atoms with Crippen molar-refractivity contribution in [2.24, 2.45) is 0 Å². The molecule has 2 N–H and O–H groups in total. The molecule has 0 aliphatic carbocycles. The van der Waals surface area contributed by atoms with Crippen LogP contribution >= 0.6 is 0 Å². The number of nitrogens with one attached hydrogen (secondary N) is 2. The number of carbonyl (C=O) groups excluding carboxylic acids is 2. The Hall–Kier alpha value is -3.02. The first-order valence-corrected chi connectivity index (χ1v) is 7.87. The first-order valence-electron chi connectivity index (χ1n) is 7.87. The van der Waals surface area contributed by atoms with Crippen LogP contribution in [0.2, 0.25) is 0 Å². The zero-order valence-corrected chi connectivity index (χ0v) is 13.5. The molecular weight excluding hydrogens is 304 g/mol. The number of urea groups is 2. The number of hydrogen-bond acceptors (Lipinski definition) is 2. The third-order valence-electron chi connectivity index (χ3n) is 4.37. The summed E-state index contributed by atoms with van der Waals surface area (Å²) in [6.45, 7) is 3.97. The molecule has 2 fully saturated rings. The molecule has 0 spiro atoms. The van der Waals surface area contributed by atoms with Gasteiger partial charge < -0.3 is 10.6 Å².